The van der Waals surface area contributed by atoms with Crippen LogP contribution < -0.4 is 4.89 Å². The van der Waals surface area contributed by atoms with Crippen LogP contribution in [0.25, 0.3) is 0 Å². The molecule has 8 nitrogen and oxygen atoms in total. The van der Waals surface area contributed by atoms with Gasteiger partial charge in [0.25, 0.3) is 7.82 Å². The monoisotopic (exact) mass is 882 g/mol. The molecule has 0 saturated carbocycles. The minimum Gasteiger partial charge on any atom is -0.756 e. The average molecular weight is 882 g/mol. The van der Waals surface area contributed by atoms with E-state index in [1.54, 1.807) is 0 Å². The number of esters is 1. The highest BCUT2D eigenvalue weighted by atomic mass is 31.2. The topological polar surface area (TPSA) is 94.1 Å². The number of unbranched alkanes of at least 4 members (excludes halogenated alkanes) is 28. The highest BCUT2D eigenvalue weighted by Crippen LogP contribution is 2.38. The highest BCUT2D eigenvalue weighted by molar-refractivity contribution is 7.45. The van der Waals surface area contributed by atoms with Gasteiger partial charge < -0.3 is 27.9 Å². The van der Waals surface area contributed by atoms with Crippen LogP contribution in [0.5, 0.6) is 0 Å². The Balaban J connectivity index is 4.12. The van der Waals surface area contributed by atoms with Crippen molar-refractivity contribution in [3.05, 3.63) is 36.5 Å². The molecule has 0 aromatic carbocycles. The summed E-state index contributed by atoms with van der Waals surface area (Å²) in [4.78, 5) is 25.2. The van der Waals surface area contributed by atoms with Crippen molar-refractivity contribution < 1.29 is 37.3 Å². The van der Waals surface area contributed by atoms with Crippen LogP contribution in [0.15, 0.2) is 36.5 Å². The SMILES string of the molecule is CC/C=C\C/C=C\C/C=C\CCCCCCCCCCOCC(COP(=O)([O-])OCC[N+](C)(C)C)OC(=O)CCCCCCCCCCCCCCCCCCCCCCC. The molecule has 0 spiro atoms. The van der Waals surface area contributed by atoms with Crippen molar-refractivity contribution in [1.29, 1.82) is 0 Å². The molecule has 0 rings (SSSR count). The lowest BCUT2D eigenvalue weighted by Crippen LogP contribution is -2.37. The number of hydrogen-bond acceptors (Lipinski definition) is 7. The van der Waals surface area contributed by atoms with E-state index in [1.807, 2.05) is 21.1 Å². The number of ether oxygens (including phenoxy) is 2. The minimum atomic E-state index is -4.53. The van der Waals surface area contributed by atoms with Crippen LogP contribution in [-0.2, 0) is 27.9 Å². The zero-order valence-electron chi connectivity index (χ0n) is 40.9. The van der Waals surface area contributed by atoms with Gasteiger partial charge in [0.2, 0.25) is 0 Å². The van der Waals surface area contributed by atoms with Crippen LogP contribution in [0, 0.1) is 0 Å². The molecule has 0 radical (unpaired) electrons. The zero-order chi connectivity index (χ0) is 44.8. The normalized spacial score (nSPS) is 13.9. The Hall–Kier alpha value is -1.28. The maximum absolute atomic E-state index is 12.7. The maximum Gasteiger partial charge on any atom is 0.306 e. The van der Waals surface area contributed by atoms with Gasteiger partial charge in [0.15, 0.2) is 0 Å². The van der Waals surface area contributed by atoms with E-state index in [0.29, 0.717) is 24.1 Å². The summed E-state index contributed by atoms with van der Waals surface area (Å²) in [6.45, 7) is 5.33. The minimum absolute atomic E-state index is 0.0257. The number of phosphoric acid groups is 1. The molecule has 0 fully saturated rings. The lowest BCUT2D eigenvalue weighted by atomic mass is 10.0. The fourth-order valence-corrected chi connectivity index (χ4v) is 8.00. The Bertz CT molecular complexity index is 1070. The molecule has 360 valence electrons. The molecule has 61 heavy (non-hydrogen) atoms. The third-order valence-electron chi connectivity index (χ3n) is 11.2. The number of phosphoric ester groups is 1. The Kier molecular flexibility index (Phi) is 44.3. The van der Waals surface area contributed by atoms with Gasteiger partial charge in [-0.1, -0.05) is 217 Å². The first-order chi connectivity index (χ1) is 29.6. The second kappa shape index (κ2) is 45.3. The first-order valence-electron chi connectivity index (χ1n) is 25.7. The number of carbonyl (C=O) groups is 1. The van der Waals surface area contributed by atoms with E-state index >= 15 is 0 Å². The van der Waals surface area contributed by atoms with Crippen LogP contribution in [-0.4, -0.2) is 70.7 Å². The lowest BCUT2D eigenvalue weighted by molar-refractivity contribution is -0.870. The van der Waals surface area contributed by atoms with Crippen LogP contribution >= 0.6 is 7.82 Å². The van der Waals surface area contributed by atoms with Gasteiger partial charge in [0, 0.05) is 13.0 Å². The standard InChI is InChI=1S/C52H100NO7P/c1-6-8-10-12-14-16-18-20-22-24-26-27-28-29-31-33-35-37-39-41-43-45-52(54)60-51(50-59-61(55,56)58-48-46-53(3,4)5)49-57-47-44-42-40-38-36-34-32-30-25-23-21-19-17-15-13-11-9-7-2/h9,11,15,17,21,23,51H,6-8,10,12-14,16,18-20,22,24-50H2,1-5H3/b11-9-,17-15-,23-21-. The summed E-state index contributed by atoms with van der Waals surface area (Å²) in [5.41, 5.74) is 0. The summed E-state index contributed by atoms with van der Waals surface area (Å²) in [5, 5.41) is 0. The smallest absolute Gasteiger partial charge is 0.306 e. The fraction of sp³-hybridized carbons (Fsp3) is 0.865. The third-order valence-corrected chi connectivity index (χ3v) is 12.2. The number of carbonyl (C=O) groups excluding carboxylic acids is 1. The number of allylic oxidation sites excluding steroid dienone is 6. The van der Waals surface area contributed by atoms with Crippen LogP contribution in [0.4, 0.5) is 0 Å². The van der Waals surface area contributed by atoms with E-state index in [-0.39, 0.29) is 25.8 Å². The molecule has 0 aliphatic heterocycles. The number of rotatable bonds is 48. The van der Waals surface area contributed by atoms with Gasteiger partial charge in [-0.15, -0.1) is 0 Å². The molecule has 0 heterocycles. The number of nitrogens with zero attached hydrogens (tertiary/aromatic N) is 1. The van der Waals surface area contributed by atoms with Gasteiger partial charge in [-0.05, 0) is 44.9 Å². The molecule has 0 aromatic rings. The first-order valence-corrected chi connectivity index (χ1v) is 27.2. The molecular formula is C52H100NO7P. The van der Waals surface area contributed by atoms with Gasteiger partial charge in [-0.25, -0.2) is 0 Å². The van der Waals surface area contributed by atoms with Gasteiger partial charge in [0.05, 0.1) is 34.4 Å². The summed E-state index contributed by atoms with van der Waals surface area (Å²) in [6.07, 6.45) is 54.5. The predicted molar refractivity (Wildman–Crippen MR) is 259 cm³/mol. The Labute approximate surface area is 378 Å². The summed E-state index contributed by atoms with van der Waals surface area (Å²) in [7, 11) is 1.36. The van der Waals surface area contributed by atoms with E-state index in [1.165, 1.54) is 154 Å². The van der Waals surface area contributed by atoms with E-state index in [0.717, 1.165) is 57.8 Å². The molecule has 2 unspecified atom stereocenters. The molecule has 9 heteroatoms. The van der Waals surface area contributed by atoms with Crippen molar-refractivity contribution in [1.82, 2.24) is 0 Å². The number of quaternary nitrogens is 1. The molecule has 0 N–H and O–H groups in total. The van der Waals surface area contributed by atoms with Crippen molar-refractivity contribution in [2.24, 2.45) is 0 Å². The van der Waals surface area contributed by atoms with E-state index in [4.69, 9.17) is 18.5 Å². The maximum atomic E-state index is 12.7. The van der Waals surface area contributed by atoms with Crippen LogP contribution in [0.3, 0.4) is 0 Å². The van der Waals surface area contributed by atoms with Gasteiger partial charge in [-0.2, -0.15) is 0 Å². The summed E-state index contributed by atoms with van der Waals surface area (Å²) in [5.74, 6) is -0.333. The number of likely N-dealkylation sites (N-methyl/N-ethyl adjacent to an activating group) is 1. The van der Waals surface area contributed by atoms with Crippen molar-refractivity contribution in [2.45, 2.75) is 238 Å². The van der Waals surface area contributed by atoms with Crippen molar-refractivity contribution >= 4 is 13.8 Å². The third kappa shape index (κ3) is 49.6. The Morgan fingerprint density at radius 3 is 1.43 bits per heavy atom. The van der Waals surface area contributed by atoms with Gasteiger partial charge >= 0.3 is 5.97 Å². The molecule has 0 aliphatic rings. The Morgan fingerprint density at radius 1 is 0.525 bits per heavy atom. The molecule has 2 atom stereocenters. The van der Waals surface area contributed by atoms with Gasteiger partial charge in [0.1, 0.15) is 19.3 Å². The van der Waals surface area contributed by atoms with Crippen LogP contribution in [0.1, 0.15) is 232 Å². The largest absolute Gasteiger partial charge is 0.756 e. The van der Waals surface area contributed by atoms with Crippen molar-refractivity contribution in [3.8, 4) is 0 Å². The second-order valence-electron chi connectivity index (χ2n) is 18.5. The van der Waals surface area contributed by atoms with Crippen molar-refractivity contribution in [2.75, 3.05) is 54.1 Å². The fourth-order valence-electron chi connectivity index (χ4n) is 7.27. The number of hydrogen-bond donors (Lipinski definition) is 0. The van der Waals surface area contributed by atoms with E-state index in [2.05, 4.69) is 50.3 Å². The van der Waals surface area contributed by atoms with Crippen molar-refractivity contribution in [3.63, 3.8) is 0 Å². The Morgan fingerprint density at radius 2 is 0.951 bits per heavy atom. The van der Waals surface area contributed by atoms with Crippen LogP contribution in [0.2, 0.25) is 0 Å². The van der Waals surface area contributed by atoms with Gasteiger partial charge in [-0.3, -0.25) is 9.36 Å². The molecule has 0 aliphatic carbocycles. The predicted octanol–water partition coefficient (Wildman–Crippen LogP) is 15.1. The van der Waals surface area contributed by atoms with E-state index in [9.17, 15) is 14.3 Å². The molecule has 0 aromatic heterocycles. The second-order valence-corrected chi connectivity index (χ2v) is 19.9. The molecule has 0 bridgehead atoms. The summed E-state index contributed by atoms with van der Waals surface area (Å²) >= 11 is 0. The summed E-state index contributed by atoms with van der Waals surface area (Å²) < 4.78 is 34.7. The van der Waals surface area contributed by atoms with E-state index < -0.39 is 13.9 Å². The first kappa shape index (κ1) is 59.7. The molecule has 0 saturated heterocycles. The average Bonchev–Trinajstić information content (AvgIpc) is 3.22. The molecule has 0 amide bonds. The quantitative estimate of drug-likeness (QED) is 0.0197. The summed E-state index contributed by atoms with van der Waals surface area (Å²) in [6, 6.07) is 0. The lowest BCUT2D eigenvalue weighted by Gasteiger charge is -2.28. The molecular weight excluding hydrogens is 782 g/mol. The zero-order valence-corrected chi connectivity index (χ0v) is 41.8. The highest BCUT2D eigenvalue weighted by Gasteiger charge is 2.20.